The van der Waals surface area contributed by atoms with E-state index in [1.165, 1.54) is 28.7 Å². The van der Waals surface area contributed by atoms with E-state index in [1.807, 2.05) is 38.1 Å². The van der Waals surface area contributed by atoms with Crippen molar-refractivity contribution >= 4 is 51.7 Å². The van der Waals surface area contributed by atoms with E-state index in [0.717, 1.165) is 33.2 Å². The van der Waals surface area contributed by atoms with Gasteiger partial charge < -0.3 is 15.7 Å². The van der Waals surface area contributed by atoms with Crippen LogP contribution in [0, 0.1) is 13.8 Å². The highest BCUT2D eigenvalue weighted by atomic mass is 32.2. The Hall–Kier alpha value is -3.43. The van der Waals surface area contributed by atoms with Crippen LogP contribution in [0.4, 0.5) is 10.8 Å². The molecule has 9 heteroatoms. The number of nitrogens with zero attached hydrogens (tertiary/aromatic N) is 1. The van der Waals surface area contributed by atoms with Crippen molar-refractivity contribution in [1.82, 2.24) is 4.98 Å². The molecule has 0 radical (unpaired) electrons. The van der Waals surface area contributed by atoms with Gasteiger partial charge in [-0.15, -0.1) is 23.1 Å². The maximum atomic E-state index is 12.3. The molecule has 2 aromatic carbocycles. The second-order valence-corrected chi connectivity index (χ2v) is 9.06. The third kappa shape index (κ3) is 6.79. The number of aromatic nitrogens is 1. The first kappa shape index (κ1) is 23.2. The minimum absolute atomic E-state index is 0.157. The number of thioether (sulfide) groups is 1. The largest absolute Gasteiger partial charge is 0.478 e. The van der Waals surface area contributed by atoms with Crippen molar-refractivity contribution in [3.8, 4) is 11.3 Å². The van der Waals surface area contributed by atoms with Gasteiger partial charge in [0.1, 0.15) is 0 Å². The number of rotatable bonds is 8. The van der Waals surface area contributed by atoms with Gasteiger partial charge in [0.25, 0.3) is 0 Å². The van der Waals surface area contributed by atoms with Crippen LogP contribution in [0.1, 0.15) is 10.4 Å². The van der Waals surface area contributed by atoms with Crippen LogP contribution in [0.25, 0.3) is 11.3 Å². The topological polar surface area (TPSA) is 108 Å². The fraction of sp³-hybridized carbons (Fsp3) is 0.130. The molecule has 3 rings (SSSR count). The number of carbonyl (C=O) groups excluding carboxylic acids is 2. The lowest BCUT2D eigenvalue weighted by molar-refractivity contribution is -0.131. The number of carboxylic acid groups (broad SMARTS) is 1. The van der Waals surface area contributed by atoms with Crippen LogP contribution in [-0.4, -0.2) is 33.6 Å². The second kappa shape index (κ2) is 10.7. The Kier molecular flexibility index (Phi) is 7.80. The van der Waals surface area contributed by atoms with Gasteiger partial charge in [-0.25, -0.2) is 9.78 Å². The molecule has 164 valence electrons. The van der Waals surface area contributed by atoms with Gasteiger partial charge >= 0.3 is 5.97 Å². The summed E-state index contributed by atoms with van der Waals surface area (Å²) in [6.07, 6.45) is 1.71. The van der Waals surface area contributed by atoms with E-state index in [1.54, 1.807) is 24.3 Å². The zero-order valence-electron chi connectivity index (χ0n) is 17.4. The fourth-order valence-corrected chi connectivity index (χ4v) is 4.25. The summed E-state index contributed by atoms with van der Waals surface area (Å²) in [5.74, 6) is -1.67. The van der Waals surface area contributed by atoms with E-state index in [0.29, 0.717) is 10.8 Å². The van der Waals surface area contributed by atoms with Crippen LogP contribution in [0.5, 0.6) is 0 Å². The number of nitrogens with one attached hydrogen (secondary N) is 2. The second-order valence-electron chi connectivity index (χ2n) is 6.81. The molecule has 3 N–H and O–H groups in total. The Balaban J connectivity index is 1.52. The first-order chi connectivity index (χ1) is 15.3. The van der Waals surface area contributed by atoms with Gasteiger partial charge in [0.15, 0.2) is 5.13 Å². The minimum Gasteiger partial charge on any atom is -0.478 e. The number of carboxylic acids is 1. The lowest BCUT2D eigenvalue weighted by Crippen LogP contribution is -2.13. The highest BCUT2D eigenvalue weighted by Crippen LogP contribution is 2.30. The number of hydrogen-bond acceptors (Lipinski definition) is 6. The molecule has 0 aliphatic rings. The van der Waals surface area contributed by atoms with Gasteiger partial charge in [0.05, 0.1) is 11.4 Å². The normalized spacial score (nSPS) is 10.8. The fourth-order valence-electron chi connectivity index (χ4n) is 2.70. The zero-order valence-corrected chi connectivity index (χ0v) is 19.0. The average molecular weight is 468 g/mol. The maximum Gasteiger partial charge on any atom is 0.328 e. The molecule has 0 spiro atoms. The number of aliphatic carboxylic acids is 1. The molecule has 0 bridgehead atoms. The molecule has 0 atom stereocenters. The van der Waals surface area contributed by atoms with Crippen molar-refractivity contribution in [2.75, 3.05) is 16.4 Å². The van der Waals surface area contributed by atoms with Gasteiger partial charge in [0, 0.05) is 33.2 Å². The minimum atomic E-state index is -1.19. The third-order valence-electron chi connectivity index (χ3n) is 4.24. The number of amides is 2. The van der Waals surface area contributed by atoms with Crippen LogP contribution >= 0.6 is 23.1 Å². The molecule has 2 amide bonds. The van der Waals surface area contributed by atoms with Gasteiger partial charge in [-0.3, -0.25) is 9.59 Å². The third-order valence-corrected chi connectivity index (χ3v) is 6.14. The Morgan fingerprint density at radius 3 is 2.34 bits per heavy atom. The number of thiazole rings is 1. The van der Waals surface area contributed by atoms with E-state index in [-0.39, 0.29) is 11.7 Å². The lowest BCUT2D eigenvalue weighted by Gasteiger charge is -2.05. The van der Waals surface area contributed by atoms with Crippen molar-refractivity contribution < 1.29 is 19.5 Å². The van der Waals surface area contributed by atoms with Gasteiger partial charge in [-0.05, 0) is 38.1 Å². The van der Waals surface area contributed by atoms with Gasteiger partial charge in [0.2, 0.25) is 11.8 Å². The van der Waals surface area contributed by atoms with Crippen LogP contribution in [0.2, 0.25) is 0 Å². The van der Waals surface area contributed by atoms with Crippen molar-refractivity contribution in [3.63, 3.8) is 0 Å². The Bertz CT molecular complexity index is 1150. The molecule has 1 heterocycles. The Morgan fingerprint density at radius 2 is 1.69 bits per heavy atom. The SMILES string of the molecule is Cc1ccc(-c2nc(NC(=O)CSc3ccc(NC(=O)/C=C/C(=O)O)cc3)sc2C)cc1. The standard InChI is InChI=1S/C23H21N3O4S2/c1-14-3-5-16(6-4-14)22-15(2)32-23(26-22)25-20(28)13-31-18-9-7-17(8-10-18)24-19(27)11-12-21(29)30/h3-12H,13H2,1-2H3,(H,24,27)(H,29,30)(H,25,26,28)/b12-11+. The summed E-state index contributed by atoms with van der Waals surface area (Å²) in [6.45, 7) is 4.01. The summed E-state index contributed by atoms with van der Waals surface area (Å²) < 4.78 is 0. The Labute approximate surface area is 193 Å². The molecule has 0 saturated carbocycles. The van der Waals surface area contributed by atoms with Crippen molar-refractivity contribution in [2.45, 2.75) is 18.7 Å². The van der Waals surface area contributed by atoms with Crippen molar-refractivity contribution in [3.05, 3.63) is 71.1 Å². The number of aryl methyl sites for hydroxylation is 2. The predicted molar refractivity (Wildman–Crippen MR) is 128 cm³/mol. The first-order valence-corrected chi connectivity index (χ1v) is 11.4. The summed E-state index contributed by atoms with van der Waals surface area (Å²) in [5.41, 5.74) is 3.59. The number of anilines is 2. The molecule has 0 fully saturated rings. The monoisotopic (exact) mass is 467 g/mol. The van der Waals surface area contributed by atoms with E-state index in [2.05, 4.69) is 15.6 Å². The lowest BCUT2D eigenvalue weighted by atomic mass is 10.1. The van der Waals surface area contributed by atoms with E-state index >= 15 is 0 Å². The van der Waals surface area contributed by atoms with Crippen LogP contribution < -0.4 is 10.6 Å². The molecular formula is C23H21N3O4S2. The number of hydrogen-bond donors (Lipinski definition) is 3. The number of benzene rings is 2. The first-order valence-electron chi connectivity index (χ1n) is 9.59. The molecule has 0 unspecified atom stereocenters. The summed E-state index contributed by atoms with van der Waals surface area (Å²) in [5, 5.41) is 14.5. The van der Waals surface area contributed by atoms with Gasteiger partial charge in [-0.2, -0.15) is 0 Å². The highest BCUT2D eigenvalue weighted by Gasteiger charge is 2.12. The van der Waals surface area contributed by atoms with Crippen molar-refractivity contribution in [2.24, 2.45) is 0 Å². The molecule has 7 nitrogen and oxygen atoms in total. The van der Waals surface area contributed by atoms with E-state index in [9.17, 15) is 14.4 Å². The van der Waals surface area contributed by atoms with Crippen LogP contribution in [0.15, 0.2) is 65.6 Å². The number of carbonyl (C=O) groups is 3. The average Bonchev–Trinajstić information content (AvgIpc) is 3.12. The smallest absolute Gasteiger partial charge is 0.328 e. The maximum absolute atomic E-state index is 12.3. The van der Waals surface area contributed by atoms with Crippen molar-refractivity contribution in [1.29, 1.82) is 0 Å². The molecule has 0 aliphatic heterocycles. The van der Waals surface area contributed by atoms with Gasteiger partial charge in [-0.1, -0.05) is 29.8 Å². The molecule has 1 aromatic heterocycles. The zero-order chi connectivity index (χ0) is 23.1. The summed E-state index contributed by atoms with van der Waals surface area (Å²) in [6, 6.07) is 15.0. The van der Waals surface area contributed by atoms with Crippen LogP contribution in [-0.2, 0) is 14.4 Å². The summed E-state index contributed by atoms with van der Waals surface area (Å²) in [7, 11) is 0. The Morgan fingerprint density at radius 1 is 1.00 bits per heavy atom. The molecule has 32 heavy (non-hydrogen) atoms. The highest BCUT2D eigenvalue weighted by molar-refractivity contribution is 8.00. The van der Waals surface area contributed by atoms with E-state index < -0.39 is 11.9 Å². The van der Waals surface area contributed by atoms with Crippen LogP contribution in [0.3, 0.4) is 0 Å². The molecule has 3 aromatic rings. The molecule has 0 aliphatic carbocycles. The molecular weight excluding hydrogens is 446 g/mol. The quantitative estimate of drug-likeness (QED) is 0.326. The summed E-state index contributed by atoms with van der Waals surface area (Å²) >= 11 is 2.80. The molecule has 0 saturated heterocycles. The summed E-state index contributed by atoms with van der Waals surface area (Å²) in [4.78, 5) is 40.8. The predicted octanol–water partition coefficient (Wildman–Crippen LogP) is 4.74. The van der Waals surface area contributed by atoms with E-state index in [4.69, 9.17) is 5.11 Å².